The van der Waals surface area contributed by atoms with Crippen LogP contribution in [0.4, 0.5) is 17.3 Å². The average molecular weight is 472 g/mol. The van der Waals surface area contributed by atoms with Crippen molar-refractivity contribution >= 4 is 55.9 Å². The topological polar surface area (TPSA) is 147 Å². The Kier molecular flexibility index (Phi) is 5.51. The fourth-order valence-electron chi connectivity index (χ4n) is 2.90. The minimum absolute atomic E-state index is 0.0330. The van der Waals surface area contributed by atoms with Gasteiger partial charge in [-0.25, -0.2) is 13.4 Å². The summed E-state index contributed by atoms with van der Waals surface area (Å²) in [6.45, 7) is 0. The van der Waals surface area contributed by atoms with Gasteiger partial charge in [-0.2, -0.15) is 0 Å². The van der Waals surface area contributed by atoms with Crippen LogP contribution in [-0.2, 0) is 10.0 Å². The van der Waals surface area contributed by atoms with Crippen molar-refractivity contribution in [2.24, 2.45) is 0 Å². The predicted octanol–water partition coefficient (Wildman–Crippen LogP) is 4.18. The highest BCUT2D eigenvalue weighted by Crippen LogP contribution is 2.29. The summed E-state index contributed by atoms with van der Waals surface area (Å²) in [5.41, 5.74) is 1.19. The van der Waals surface area contributed by atoms with Gasteiger partial charge in [-0.3, -0.25) is 24.9 Å². The molecule has 0 saturated heterocycles. The molecule has 32 heavy (non-hydrogen) atoms. The first-order valence-electron chi connectivity index (χ1n) is 9.06. The third-order valence-electron chi connectivity index (χ3n) is 4.44. The van der Waals surface area contributed by atoms with Gasteiger partial charge in [0, 0.05) is 17.7 Å². The number of benzene rings is 3. The van der Waals surface area contributed by atoms with Crippen LogP contribution in [0.25, 0.3) is 11.0 Å². The standard InChI is InChI=1S/C20H14ClN5O5S/c21-15-11-13(26(28)29)8-9-16(15)25-32(30,31)14-5-3-4-12(10-14)19(27)24-20-22-17-6-1-2-7-18(17)23-20/h1-11,25H,(H2,22,23,24,27). The van der Waals surface area contributed by atoms with E-state index < -0.39 is 20.9 Å². The second kappa shape index (κ2) is 8.29. The van der Waals surface area contributed by atoms with E-state index in [0.29, 0.717) is 5.52 Å². The fourth-order valence-corrected chi connectivity index (χ4v) is 4.30. The van der Waals surface area contributed by atoms with E-state index in [-0.39, 0.29) is 32.8 Å². The third-order valence-corrected chi connectivity index (χ3v) is 6.11. The Bertz CT molecular complexity index is 1440. The van der Waals surface area contributed by atoms with Gasteiger partial charge < -0.3 is 4.98 Å². The lowest BCUT2D eigenvalue weighted by Crippen LogP contribution is -2.16. The number of fused-ring (bicyclic) bond motifs is 1. The van der Waals surface area contributed by atoms with E-state index >= 15 is 0 Å². The maximum absolute atomic E-state index is 12.8. The Balaban J connectivity index is 1.56. The molecule has 0 atom stereocenters. The highest BCUT2D eigenvalue weighted by Gasteiger charge is 2.19. The van der Waals surface area contributed by atoms with Crippen molar-refractivity contribution < 1.29 is 18.1 Å². The number of nitrogens with zero attached hydrogens (tertiary/aromatic N) is 2. The van der Waals surface area contributed by atoms with Crippen molar-refractivity contribution in [2.45, 2.75) is 4.90 Å². The summed E-state index contributed by atoms with van der Waals surface area (Å²) in [6, 6.07) is 15.9. The molecule has 0 unspecified atom stereocenters. The number of non-ortho nitro benzene ring substituents is 1. The second-order valence-electron chi connectivity index (χ2n) is 6.61. The van der Waals surface area contributed by atoms with Gasteiger partial charge in [0.2, 0.25) is 5.95 Å². The molecule has 0 aliphatic carbocycles. The number of H-pyrrole nitrogens is 1. The number of carbonyl (C=O) groups is 1. The number of amides is 1. The van der Waals surface area contributed by atoms with E-state index in [1.807, 2.05) is 12.1 Å². The highest BCUT2D eigenvalue weighted by molar-refractivity contribution is 7.92. The van der Waals surface area contributed by atoms with Crippen LogP contribution in [-0.4, -0.2) is 29.2 Å². The third kappa shape index (κ3) is 4.38. The van der Waals surface area contributed by atoms with Crippen LogP contribution in [0.15, 0.2) is 71.6 Å². The van der Waals surface area contributed by atoms with Gasteiger partial charge in [0.15, 0.2) is 0 Å². The smallest absolute Gasteiger partial charge is 0.271 e. The second-order valence-corrected chi connectivity index (χ2v) is 8.70. The summed E-state index contributed by atoms with van der Waals surface area (Å²) in [5.74, 6) is -0.338. The predicted molar refractivity (Wildman–Crippen MR) is 119 cm³/mol. The molecule has 4 aromatic rings. The summed E-state index contributed by atoms with van der Waals surface area (Å²) in [6.07, 6.45) is 0. The van der Waals surface area contributed by atoms with E-state index in [4.69, 9.17) is 11.6 Å². The number of halogens is 1. The number of sulfonamides is 1. The van der Waals surface area contributed by atoms with Crippen LogP contribution in [0.3, 0.4) is 0 Å². The Hall–Kier alpha value is -3.96. The highest BCUT2D eigenvalue weighted by atomic mass is 35.5. The number of nitrogens with one attached hydrogen (secondary N) is 3. The van der Waals surface area contributed by atoms with E-state index in [0.717, 1.165) is 17.6 Å². The number of anilines is 2. The van der Waals surface area contributed by atoms with Gasteiger partial charge in [0.05, 0.1) is 31.6 Å². The lowest BCUT2D eigenvalue weighted by atomic mass is 10.2. The monoisotopic (exact) mass is 471 g/mol. The number of carbonyl (C=O) groups excluding carboxylic acids is 1. The van der Waals surface area contributed by atoms with E-state index in [2.05, 4.69) is 20.0 Å². The number of aromatic amines is 1. The molecule has 0 spiro atoms. The number of hydrogen-bond donors (Lipinski definition) is 3. The molecule has 1 aromatic heterocycles. The molecule has 12 heteroatoms. The Labute approximate surface area is 186 Å². The Morgan fingerprint density at radius 1 is 1.06 bits per heavy atom. The van der Waals surface area contributed by atoms with Crippen molar-refractivity contribution in [3.8, 4) is 0 Å². The molecule has 0 aliphatic rings. The van der Waals surface area contributed by atoms with E-state index in [9.17, 15) is 23.3 Å². The lowest BCUT2D eigenvalue weighted by molar-refractivity contribution is -0.384. The number of rotatable bonds is 6. The van der Waals surface area contributed by atoms with Gasteiger partial charge in [0.25, 0.3) is 21.6 Å². The first-order valence-corrected chi connectivity index (χ1v) is 10.9. The van der Waals surface area contributed by atoms with Crippen molar-refractivity contribution in [3.05, 3.63) is 87.4 Å². The van der Waals surface area contributed by atoms with Crippen LogP contribution < -0.4 is 10.0 Å². The van der Waals surface area contributed by atoms with Crippen molar-refractivity contribution in [1.82, 2.24) is 9.97 Å². The quantitative estimate of drug-likeness (QED) is 0.284. The zero-order chi connectivity index (χ0) is 22.9. The molecule has 0 radical (unpaired) electrons. The van der Waals surface area contributed by atoms with Crippen molar-refractivity contribution in [3.63, 3.8) is 0 Å². The SMILES string of the molecule is O=C(Nc1nc2ccccc2[nH]1)c1cccc(S(=O)(=O)Nc2ccc([N+](=O)[O-])cc2Cl)c1. The zero-order valence-electron chi connectivity index (χ0n) is 16.1. The molecule has 3 N–H and O–H groups in total. The summed E-state index contributed by atoms with van der Waals surface area (Å²) >= 11 is 5.97. The van der Waals surface area contributed by atoms with Gasteiger partial charge in [-0.1, -0.05) is 29.8 Å². The molecule has 4 rings (SSSR count). The molecule has 3 aromatic carbocycles. The Morgan fingerprint density at radius 3 is 2.56 bits per heavy atom. The molecule has 1 heterocycles. The molecular formula is C20H14ClN5O5S. The number of hydrogen-bond acceptors (Lipinski definition) is 6. The van der Waals surface area contributed by atoms with Crippen LogP contribution in [0.1, 0.15) is 10.4 Å². The number of nitro groups is 1. The fraction of sp³-hybridized carbons (Fsp3) is 0. The van der Waals surface area contributed by atoms with Crippen molar-refractivity contribution in [2.75, 3.05) is 10.0 Å². The molecular weight excluding hydrogens is 458 g/mol. The summed E-state index contributed by atoms with van der Waals surface area (Å²) < 4.78 is 27.8. The summed E-state index contributed by atoms with van der Waals surface area (Å²) in [7, 11) is -4.13. The Morgan fingerprint density at radius 2 is 1.84 bits per heavy atom. The first-order chi connectivity index (χ1) is 15.2. The van der Waals surface area contributed by atoms with Crippen LogP contribution in [0.2, 0.25) is 5.02 Å². The number of aromatic nitrogens is 2. The molecule has 162 valence electrons. The maximum Gasteiger partial charge on any atom is 0.271 e. The van der Waals surface area contributed by atoms with Gasteiger partial charge in [-0.05, 0) is 36.4 Å². The largest absolute Gasteiger partial charge is 0.324 e. The van der Waals surface area contributed by atoms with Crippen LogP contribution >= 0.6 is 11.6 Å². The van der Waals surface area contributed by atoms with Crippen LogP contribution in [0, 0.1) is 10.1 Å². The van der Waals surface area contributed by atoms with Gasteiger partial charge in [-0.15, -0.1) is 0 Å². The number of imidazole rings is 1. The molecule has 0 fully saturated rings. The van der Waals surface area contributed by atoms with E-state index in [1.165, 1.54) is 30.3 Å². The number of nitro benzene ring substituents is 1. The summed E-state index contributed by atoms with van der Waals surface area (Å²) in [4.78, 5) is 29.8. The minimum Gasteiger partial charge on any atom is -0.324 e. The minimum atomic E-state index is -4.13. The molecule has 0 saturated carbocycles. The summed E-state index contributed by atoms with van der Waals surface area (Å²) in [5, 5.41) is 13.3. The maximum atomic E-state index is 12.8. The molecule has 10 nitrogen and oxygen atoms in total. The first kappa shape index (κ1) is 21.3. The van der Waals surface area contributed by atoms with Gasteiger partial charge >= 0.3 is 0 Å². The molecule has 1 amide bonds. The van der Waals surface area contributed by atoms with Crippen molar-refractivity contribution in [1.29, 1.82) is 0 Å². The normalized spacial score (nSPS) is 11.3. The average Bonchev–Trinajstić information content (AvgIpc) is 3.17. The lowest BCUT2D eigenvalue weighted by Gasteiger charge is -2.10. The molecule has 0 bridgehead atoms. The van der Waals surface area contributed by atoms with Crippen LogP contribution in [0.5, 0.6) is 0 Å². The molecule has 0 aliphatic heterocycles. The number of para-hydroxylation sites is 2. The zero-order valence-corrected chi connectivity index (χ0v) is 17.6. The van der Waals surface area contributed by atoms with Gasteiger partial charge in [0.1, 0.15) is 0 Å². The van der Waals surface area contributed by atoms with E-state index in [1.54, 1.807) is 12.1 Å².